The first-order chi connectivity index (χ1) is 7.86. The maximum Gasteiger partial charge on any atom is 0.0111 e. The van der Waals surface area contributed by atoms with E-state index in [9.17, 15) is 0 Å². The molecule has 1 N–H and O–H groups in total. The molecule has 2 bridgehead atoms. The molecular weight excluding hydrogens is 196 g/mol. The standard InChI is InChI=1S/C14H26N2/c1-2-3-8-16(13-5-6-13)10-11-9-12-4-7-14(11)15-12/h11-15H,2-10H2,1H3. The maximum absolute atomic E-state index is 3.77. The van der Waals surface area contributed by atoms with E-state index in [1.807, 2.05) is 0 Å². The molecule has 2 heterocycles. The second-order valence-electron chi connectivity index (χ2n) is 6.12. The van der Waals surface area contributed by atoms with Crippen molar-refractivity contribution >= 4 is 0 Å². The topological polar surface area (TPSA) is 15.3 Å². The van der Waals surface area contributed by atoms with Crippen LogP contribution < -0.4 is 5.32 Å². The highest BCUT2D eigenvalue weighted by molar-refractivity contribution is 4.99. The molecule has 3 atom stereocenters. The third-order valence-electron chi connectivity index (χ3n) is 4.76. The zero-order valence-corrected chi connectivity index (χ0v) is 10.6. The van der Waals surface area contributed by atoms with Gasteiger partial charge in [-0.05, 0) is 51.0 Å². The van der Waals surface area contributed by atoms with Crippen LogP contribution in [0.4, 0.5) is 0 Å². The lowest BCUT2D eigenvalue weighted by Gasteiger charge is -2.29. The number of rotatable bonds is 6. The van der Waals surface area contributed by atoms with E-state index in [2.05, 4.69) is 17.1 Å². The van der Waals surface area contributed by atoms with Crippen LogP contribution in [0.15, 0.2) is 0 Å². The van der Waals surface area contributed by atoms with Gasteiger partial charge in [-0.1, -0.05) is 13.3 Å². The van der Waals surface area contributed by atoms with Crippen molar-refractivity contribution in [3.63, 3.8) is 0 Å². The molecular formula is C14H26N2. The van der Waals surface area contributed by atoms with Crippen LogP contribution in [0.5, 0.6) is 0 Å². The number of nitrogens with zero attached hydrogens (tertiary/aromatic N) is 1. The SMILES string of the molecule is CCCCN(CC1CC2CCC1N2)C1CC1. The second-order valence-corrected chi connectivity index (χ2v) is 6.12. The van der Waals surface area contributed by atoms with Crippen LogP contribution in [0.3, 0.4) is 0 Å². The summed E-state index contributed by atoms with van der Waals surface area (Å²) < 4.78 is 0. The van der Waals surface area contributed by atoms with Crippen LogP contribution >= 0.6 is 0 Å². The van der Waals surface area contributed by atoms with Gasteiger partial charge in [0.2, 0.25) is 0 Å². The van der Waals surface area contributed by atoms with Crippen molar-refractivity contribution in [2.75, 3.05) is 13.1 Å². The number of hydrogen-bond acceptors (Lipinski definition) is 2. The second kappa shape index (κ2) is 4.66. The van der Waals surface area contributed by atoms with Gasteiger partial charge in [0.1, 0.15) is 0 Å². The summed E-state index contributed by atoms with van der Waals surface area (Å²) in [6.07, 6.45) is 10.0. The summed E-state index contributed by atoms with van der Waals surface area (Å²) in [6.45, 7) is 5.05. The summed E-state index contributed by atoms with van der Waals surface area (Å²) in [5.74, 6) is 0.969. The summed E-state index contributed by atoms with van der Waals surface area (Å²) >= 11 is 0. The van der Waals surface area contributed by atoms with Gasteiger partial charge in [-0.3, -0.25) is 0 Å². The van der Waals surface area contributed by atoms with Gasteiger partial charge in [0.25, 0.3) is 0 Å². The predicted octanol–water partition coefficient (Wildman–Crippen LogP) is 2.39. The Morgan fingerprint density at radius 2 is 2.06 bits per heavy atom. The van der Waals surface area contributed by atoms with Crippen LogP contribution in [0, 0.1) is 5.92 Å². The number of hydrogen-bond donors (Lipinski definition) is 1. The van der Waals surface area contributed by atoms with Gasteiger partial charge in [-0.25, -0.2) is 0 Å². The highest BCUT2D eigenvalue weighted by Crippen LogP contribution is 2.36. The molecule has 0 radical (unpaired) electrons. The van der Waals surface area contributed by atoms with Crippen molar-refractivity contribution in [2.24, 2.45) is 5.92 Å². The first-order valence-corrected chi connectivity index (χ1v) is 7.37. The minimum Gasteiger partial charge on any atom is -0.311 e. The minimum atomic E-state index is 0.868. The van der Waals surface area contributed by atoms with Gasteiger partial charge in [0.05, 0.1) is 0 Å². The Morgan fingerprint density at radius 3 is 2.62 bits per heavy atom. The molecule has 0 aromatic heterocycles. The molecule has 2 aliphatic heterocycles. The molecule has 0 amide bonds. The molecule has 3 fully saturated rings. The van der Waals surface area contributed by atoms with Gasteiger partial charge in [-0.2, -0.15) is 0 Å². The largest absolute Gasteiger partial charge is 0.311 e. The van der Waals surface area contributed by atoms with Gasteiger partial charge in [0, 0.05) is 24.7 Å². The average Bonchev–Trinajstić information content (AvgIpc) is 2.94. The highest BCUT2D eigenvalue weighted by Gasteiger charge is 2.41. The first-order valence-electron chi connectivity index (χ1n) is 7.37. The molecule has 2 nitrogen and oxygen atoms in total. The Labute approximate surface area is 99.8 Å². The van der Waals surface area contributed by atoms with Crippen LogP contribution in [-0.4, -0.2) is 36.1 Å². The molecule has 0 aromatic rings. The molecule has 0 aromatic carbocycles. The van der Waals surface area contributed by atoms with Gasteiger partial charge >= 0.3 is 0 Å². The molecule has 2 saturated heterocycles. The van der Waals surface area contributed by atoms with Gasteiger partial charge in [-0.15, -0.1) is 0 Å². The molecule has 3 rings (SSSR count). The fourth-order valence-corrected chi connectivity index (χ4v) is 3.66. The lowest BCUT2D eigenvalue weighted by molar-refractivity contribution is 0.200. The number of fused-ring (bicyclic) bond motifs is 2. The predicted molar refractivity (Wildman–Crippen MR) is 67.6 cm³/mol. The van der Waals surface area contributed by atoms with Gasteiger partial charge < -0.3 is 10.2 Å². The Hall–Kier alpha value is -0.0800. The van der Waals surface area contributed by atoms with E-state index in [0.717, 1.165) is 24.0 Å². The summed E-state index contributed by atoms with van der Waals surface area (Å²) in [5, 5.41) is 3.77. The summed E-state index contributed by atoms with van der Waals surface area (Å²) in [4.78, 5) is 2.80. The third-order valence-corrected chi connectivity index (χ3v) is 4.76. The fraction of sp³-hybridized carbons (Fsp3) is 1.00. The Bertz CT molecular complexity index is 237. The van der Waals surface area contributed by atoms with Crippen molar-refractivity contribution in [1.29, 1.82) is 0 Å². The van der Waals surface area contributed by atoms with E-state index >= 15 is 0 Å². The van der Waals surface area contributed by atoms with Crippen LogP contribution in [0.25, 0.3) is 0 Å². The van der Waals surface area contributed by atoms with E-state index in [0.29, 0.717) is 0 Å². The molecule has 0 spiro atoms. The molecule has 92 valence electrons. The molecule has 16 heavy (non-hydrogen) atoms. The van der Waals surface area contributed by atoms with Crippen molar-refractivity contribution in [3.05, 3.63) is 0 Å². The van der Waals surface area contributed by atoms with Crippen molar-refractivity contribution in [1.82, 2.24) is 10.2 Å². The molecule has 1 saturated carbocycles. The smallest absolute Gasteiger partial charge is 0.0111 e. The van der Waals surface area contributed by atoms with Crippen LogP contribution in [0.1, 0.15) is 51.9 Å². The summed E-state index contributed by atoms with van der Waals surface area (Å²) in [5.41, 5.74) is 0. The summed E-state index contributed by atoms with van der Waals surface area (Å²) in [7, 11) is 0. The van der Waals surface area contributed by atoms with E-state index in [-0.39, 0.29) is 0 Å². The molecule has 1 aliphatic carbocycles. The number of nitrogens with one attached hydrogen (secondary N) is 1. The molecule has 3 unspecified atom stereocenters. The highest BCUT2D eigenvalue weighted by atomic mass is 15.2. The Morgan fingerprint density at radius 1 is 1.19 bits per heavy atom. The quantitative estimate of drug-likeness (QED) is 0.742. The van der Waals surface area contributed by atoms with Crippen molar-refractivity contribution in [3.8, 4) is 0 Å². The van der Waals surface area contributed by atoms with Crippen molar-refractivity contribution in [2.45, 2.75) is 70.0 Å². The zero-order valence-electron chi connectivity index (χ0n) is 10.6. The average molecular weight is 222 g/mol. The van der Waals surface area contributed by atoms with Crippen molar-refractivity contribution < 1.29 is 0 Å². The monoisotopic (exact) mass is 222 g/mol. The van der Waals surface area contributed by atoms with Crippen LogP contribution in [0.2, 0.25) is 0 Å². The van der Waals surface area contributed by atoms with E-state index in [4.69, 9.17) is 0 Å². The molecule has 2 heteroatoms. The van der Waals surface area contributed by atoms with Gasteiger partial charge in [0.15, 0.2) is 0 Å². The minimum absolute atomic E-state index is 0.868. The third kappa shape index (κ3) is 2.28. The Kier molecular flexibility index (Phi) is 3.21. The number of unbranched alkanes of at least 4 members (excludes halogenated alkanes) is 1. The normalized spacial score (nSPS) is 37.5. The van der Waals surface area contributed by atoms with E-state index in [1.54, 1.807) is 0 Å². The first kappa shape index (κ1) is 11.0. The molecule has 3 aliphatic rings. The van der Waals surface area contributed by atoms with E-state index in [1.165, 1.54) is 58.0 Å². The lowest BCUT2D eigenvalue weighted by Crippen LogP contribution is -2.37. The van der Waals surface area contributed by atoms with Crippen LogP contribution in [-0.2, 0) is 0 Å². The van der Waals surface area contributed by atoms with E-state index < -0.39 is 0 Å². The zero-order chi connectivity index (χ0) is 11.0. The summed E-state index contributed by atoms with van der Waals surface area (Å²) in [6, 6.07) is 2.71. The fourth-order valence-electron chi connectivity index (χ4n) is 3.66. The maximum atomic E-state index is 3.77. The Balaban J connectivity index is 1.51. The lowest BCUT2D eigenvalue weighted by atomic mass is 9.88.